The number of fused-ring (bicyclic) bond motifs is 2. The molecule has 17 heavy (non-hydrogen) atoms. The third-order valence-electron chi connectivity index (χ3n) is 4.03. The fourth-order valence-corrected chi connectivity index (χ4v) is 3.10. The second-order valence-electron chi connectivity index (χ2n) is 5.30. The van der Waals surface area contributed by atoms with E-state index in [1.54, 1.807) is 0 Å². The summed E-state index contributed by atoms with van der Waals surface area (Å²) in [7, 11) is 0. The highest BCUT2D eigenvalue weighted by Crippen LogP contribution is 2.34. The van der Waals surface area contributed by atoms with E-state index in [1.165, 1.54) is 18.4 Å². The Hall–Kier alpha value is -1.03. The van der Waals surface area contributed by atoms with Crippen molar-refractivity contribution in [3.63, 3.8) is 0 Å². The summed E-state index contributed by atoms with van der Waals surface area (Å²) in [5.41, 5.74) is 1.37. The molecule has 1 aliphatic carbocycles. The minimum atomic E-state index is -0.0426. The fraction of sp³-hybridized carbons (Fsp3) is 0.769. The summed E-state index contributed by atoms with van der Waals surface area (Å²) >= 11 is 0. The van der Waals surface area contributed by atoms with Gasteiger partial charge in [0.25, 0.3) is 0 Å². The van der Waals surface area contributed by atoms with Gasteiger partial charge >= 0.3 is 6.03 Å². The van der Waals surface area contributed by atoms with Crippen LogP contribution in [0.3, 0.4) is 0 Å². The van der Waals surface area contributed by atoms with Crippen molar-refractivity contribution >= 4 is 6.03 Å². The van der Waals surface area contributed by atoms with Crippen molar-refractivity contribution < 1.29 is 9.53 Å². The summed E-state index contributed by atoms with van der Waals surface area (Å²) in [6.45, 7) is 0.702. The van der Waals surface area contributed by atoms with Crippen LogP contribution < -0.4 is 10.6 Å². The van der Waals surface area contributed by atoms with E-state index in [-0.39, 0.29) is 18.2 Å². The normalized spacial score (nSPS) is 34.8. The van der Waals surface area contributed by atoms with E-state index in [0.29, 0.717) is 12.6 Å². The molecule has 2 saturated heterocycles. The molecule has 2 N–H and O–H groups in total. The molecule has 4 heteroatoms. The Labute approximate surface area is 102 Å². The maximum atomic E-state index is 11.7. The Kier molecular flexibility index (Phi) is 3.05. The molecule has 2 heterocycles. The third-order valence-corrected chi connectivity index (χ3v) is 4.03. The topological polar surface area (TPSA) is 50.4 Å². The van der Waals surface area contributed by atoms with Crippen molar-refractivity contribution in [2.24, 2.45) is 0 Å². The molecule has 0 aromatic carbocycles. The van der Waals surface area contributed by atoms with Gasteiger partial charge in [-0.2, -0.15) is 0 Å². The monoisotopic (exact) mass is 236 g/mol. The van der Waals surface area contributed by atoms with Crippen LogP contribution in [0.2, 0.25) is 0 Å². The highest BCUT2D eigenvalue weighted by molar-refractivity contribution is 5.74. The van der Waals surface area contributed by atoms with Gasteiger partial charge in [0.2, 0.25) is 0 Å². The molecule has 0 unspecified atom stereocenters. The van der Waals surface area contributed by atoms with Crippen LogP contribution in [0.15, 0.2) is 11.6 Å². The Morgan fingerprint density at radius 2 is 2.41 bits per heavy atom. The highest BCUT2D eigenvalue weighted by atomic mass is 16.5. The molecule has 2 aliphatic heterocycles. The smallest absolute Gasteiger partial charge is 0.315 e. The first-order valence-corrected chi connectivity index (χ1v) is 6.69. The number of carbonyl (C=O) groups is 1. The van der Waals surface area contributed by atoms with Crippen LogP contribution in [0, 0.1) is 0 Å². The average Bonchev–Trinajstić information content (AvgIpc) is 3.03. The Bertz CT molecular complexity index is 340. The van der Waals surface area contributed by atoms with Gasteiger partial charge in [-0.05, 0) is 38.5 Å². The van der Waals surface area contributed by atoms with Gasteiger partial charge in [-0.25, -0.2) is 4.79 Å². The van der Waals surface area contributed by atoms with Crippen LogP contribution in [0.5, 0.6) is 0 Å². The molecular weight excluding hydrogens is 216 g/mol. The SMILES string of the molecule is O=C(NCC1=CCCC1)N[C@@H]1C[C@@H]2CC[C@H]1O2. The Morgan fingerprint density at radius 1 is 1.47 bits per heavy atom. The lowest BCUT2D eigenvalue weighted by molar-refractivity contribution is 0.0981. The molecule has 3 atom stereocenters. The highest BCUT2D eigenvalue weighted by Gasteiger charge is 2.41. The van der Waals surface area contributed by atoms with E-state index in [0.717, 1.165) is 25.7 Å². The zero-order chi connectivity index (χ0) is 11.7. The molecule has 4 nitrogen and oxygen atoms in total. The number of urea groups is 1. The average molecular weight is 236 g/mol. The number of amides is 2. The molecule has 2 fully saturated rings. The van der Waals surface area contributed by atoms with E-state index >= 15 is 0 Å². The maximum absolute atomic E-state index is 11.7. The van der Waals surface area contributed by atoms with Crippen molar-refractivity contribution in [3.05, 3.63) is 11.6 Å². The molecule has 2 bridgehead atoms. The van der Waals surface area contributed by atoms with Crippen molar-refractivity contribution in [2.75, 3.05) is 6.54 Å². The molecular formula is C13H20N2O2. The summed E-state index contributed by atoms with van der Waals surface area (Å²) in [5.74, 6) is 0. The van der Waals surface area contributed by atoms with E-state index < -0.39 is 0 Å². The maximum Gasteiger partial charge on any atom is 0.315 e. The lowest BCUT2D eigenvalue weighted by Gasteiger charge is -2.20. The molecule has 0 radical (unpaired) electrons. The lowest BCUT2D eigenvalue weighted by atomic mass is 9.96. The van der Waals surface area contributed by atoms with Crippen molar-refractivity contribution in [1.82, 2.24) is 10.6 Å². The van der Waals surface area contributed by atoms with E-state index in [9.17, 15) is 4.79 Å². The van der Waals surface area contributed by atoms with Crippen molar-refractivity contribution in [1.29, 1.82) is 0 Å². The first kappa shape index (κ1) is 11.1. The van der Waals surface area contributed by atoms with Crippen LogP contribution in [-0.2, 0) is 4.74 Å². The van der Waals surface area contributed by atoms with Gasteiger partial charge in [0.1, 0.15) is 0 Å². The van der Waals surface area contributed by atoms with Crippen molar-refractivity contribution in [3.8, 4) is 0 Å². The summed E-state index contributed by atoms with van der Waals surface area (Å²) in [4.78, 5) is 11.7. The Balaban J connectivity index is 1.41. The molecule has 0 aromatic heterocycles. The predicted octanol–water partition coefficient (Wildman–Crippen LogP) is 1.72. The first-order chi connectivity index (χ1) is 8.31. The number of rotatable bonds is 3. The number of hydrogen-bond acceptors (Lipinski definition) is 2. The number of hydrogen-bond donors (Lipinski definition) is 2. The number of allylic oxidation sites excluding steroid dienone is 1. The van der Waals surface area contributed by atoms with Crippen molar-refractivity contribution in [2.45, 2.75) is 56.8 Å². The van der Waals surface area contributed by atoms with E-state index in [4.69, 9.17) is 4.74 Å². The largest absolute Gasteiger partial charge is 0.373 e. The van der Waals surface area contributed by atoms with Crippen LogP contribution in [0.1, 0.15) is 38.5 Å². The summed E-state index contributed by atoms with van der Waals surface area (Å²) in [6.07, 6.45) is 9.67. The van der Waals surface area contributed by atoms with Crippen LogP contribution in [-0.4, -0.2) is 30.8 Å². The van der Waals surface area contributed by atoms with Crippen LogP contribution >= 0.6 is 0 Å². The van der Waals surface area contributed by atoms with Gasteiger partial charge in [-0.15, -0.1) is 0 Å². The summed E-state index contributed by atoms with van der Waals surface area (Å²) < 4.78 is 5.71. The van der Waals surface area contributed by atoms with Crippen LogP contribution in [0.4, 0.5) is 4.79 Å². The standard InChI is InChI=1S/C13H20N2O2/c16-13(14-8-9-3-1-2-4-9)15-11-7-10-5-6-12(11)17-10/h3,10-12H,1-2,4-8H2,(H2,14,15,16)/t10-,11+,12+/m0/s1. The predicted molar refractivity (Wildman–Crippen MR) is 64.8 cm³/mol. The van der Waals surface area contributed by atoms with E-state index in [1.807, 2.05) is 0 Å². The zero-order valence-electron chi connectivity index (χ0n) is 10.1. The summed E-state index contributed by atoms with van der Waals surface area (Å²) in [6, 6.07) is 0.185. The first-order valence-electron chi connectivity index (χ1n) is 6.69. The minimum absolute atomic E-state index is 0.0426. The van der Waals surface area contributed by atoms with Gasteiger partial charge in [-0.1, -0.05) is 11.6 Å². The minimum Gasteiger partial charge on any atom is -0.373 e. The van der Waals surface area contributed by atoms with Gasteiger partial charge < -0.3 is 15.4 Å². The Morgan fingerprint density at radius 3 is 3.06 bits per heavy atom. The van der Waals surface area contributed by atoms with Gasteiger partial charge in [-0.3, -0.25) is 0 Å². The molecule has 0 spiro atoms. The third kappa shape index (κ3) is 2.46. The molecule has 94 valence electrons. The molecule has 0 saturated carbocycles. The summed E-state index contributed by atoms with van der Waals surface area (Å²) in [5, 5.41) is 5.97. The fourth-order valence-electron chi connectivity index (χ4n) is 3.10. The number of carbonyl (C=O) groups excluding carboxylic acids is 1. The second-order valence-corrected chi connectivity index (χ2v) is 5.30. The van der Waals surface area contributed by atoms with E-state index in [2.05, 4.69) is 16.7 Å². The molecule has 3 aliphatic rings. The zero-order valence-corrected chi connectivity index (χ0v) is 10.1. The quantitative estimate of drug-likeness (QED) is 0.733. The molecule has 2 amide bonds. The molecule has 0 aromatic rings. The van der Waals surface area contributed by atoms with Gasteiger partial charge in [0, 0.05) is 6.54 Å². The molecule has 3 rings (SSSR count). The second kappa shape index (κ2) is 4.69. The number of nitrogens with one attached hydrogen (secondary N) is 2. The van der Waals surface area contributed by atoms with Gasteiger partial charge in [0.15, 0.2) is 0 Å². The lowest BCUT2D eigenvalue weighted by Crippen LogP contribution is -2.46. The number of ether oxygens (including phenoxy) is 1. The van der Waals surface area contributed by atoms with Crippen LogP contribution in [0.25, 0.3) is 0 Å². The van der Waals surface area contributed by atoms with Gasteiger partial charge in [0.05, 0.1) is 18.2 Å².